The van der Waals surface area contributed by atoms with Gasteiger partial charge in [-0.15, -0.1) is 0 Å². The Labute approximate surface area is 98.0 Å². The van der Waals surface area contributed by atoms with Crippen molar-refractivity contribution in [1.29, 1.82) is 0 Å². The second-order valence-electron chi connectivity index (χ2n) is 4.54. The summed E-state index contributed by atoms with van der Waals surface area (Å²) in [7, 11) is 0. The molecule has 2 rings (SSSR count). The first-order chi connectivity index (χ1) is 7.99. The average Bonchev–Trinajstić information content (AvgIpc) is 2.96. The minimum atomic E-state index is -0.868. The van der Waals surface area contributed by atoms with Crippen LogP contribution in [0.4, 0.5) is 14.5 Å². The topological polar surface area (TPSA) is 55.1 Å². The van der Waals surface area contributed by atoms with Crippen LogP contribution < -0.4 is 11.1 Å². The summed E-state index contributed by atoms with van der Waals surface area (Å²) in [6.45, 7) is 2.58. The number of anilines is 1. The Morgan fingerprint density at radius 1 is 1.53 bits per heavy atom. The highest BCUT2D eigenvalue weighted by Crippen LogP contribution is 2.36. The summed E-state index contributed by atoms with van der Waals surface area (Å²) >= 11 is 0. The number of benzene rings is 1. The second-order valence-corrected chi connectivity index (χ2v) is 4.54. The summed E-state index contributed by atoms with van der Waals surface area (Å²) < 4.78 is 26.5. The lowest BCUT2D eigenvalue weighted by Gasteiger charge is -2.07. The fourth-order valence-electron chi connectivity index (χ4n) is 1.78. The van der Waals surface area contributed by atoms with Gasteiger partial charge >= 0.3 is 0 Å². The molecule has 17 heavy (non-hydrogen) atoms. The van der Waals surface area contributed by atoms with Gasteiger partial charge in [0.15, 0.2) is 5.82 Å². The SMILES string of the molecule is CC1CC1CNC(=O)c1cc(F)cc(N)c1F. The van der Waals surface area contributed by atoms with Crippen molar-refractivity contribution in [2.75, 3.05) is 12.3 Å². The Balaban J connectivity index is 2.07. The number of rotatable bonds is 3. The smallest absolute Gasteiger partial charge is 0.254 e. The van der Waals surface area contributed by atoms with Crippen molar-refractivity contribution in [3.8, 4) is 0 Å². The van der Waals surface area contributed by atoms with Crippen molar-refractivity contribution in [3.63, 3.8) is 0 Å². The molecular formula is C12H14F2N2O. The molecule has 0 radical (unpaired) electrons. The summed E-state index contributed by atoms with van der Waals surface area (Å²) in [5, 5.41) is 2.59. The molecule has 1 aromatic rings. The van der Waals surface area contributed by atoms with Gasteiger partial charge < -0.3 is 11.1 Å². The van der Waals surface area contributed by atoms with Gasteiger partial charge in [0.05, 0.1) is 11.3 Å². The van der Waals surface area contributed by atoms with Gasteiger partial charge in [0.1, 0.15) is 5.82 Å². The van der Waals surface area contributed by atoms with Gasteiger partial charge in [-0.1, -0.05) is 6.92 Å². The molecule has 1 aliphatic carbocycles. The number of carbonyl (C=O) groups is 1. The molecule has 0 spiro atoms. The van der Waals surface area contributed by atoms with Crippen LogP contribution in [-0.4, -0.2) is 12.5 Å². The minimum Gasteiger partial charge on any atom is -0.396 e. The number of carbonyl (C=O) groups excluding carboxylic acids is 1. The standard InChI is InChI=1S/C12H14F2N2O/c1-6-2-7(6)5-16-12(17)9-3-8(13)4-10(15)11(9)14/h3-4,6-7H,2,5,15H2,1H3,(H,16,17). The van der Waals surface area contributed by atoms with E-state index in [9.17, 15) is 13.6 Å². The fraction of sp³-hybridized carbons (Fsp3) is 0.417. The van der Waals surface area contributed by atoms with Gasteiger partial charge in [-0.2, -0.15) is 0 Å². The molecule has 1 aliphatic rings. The lowest BCUT2D eigenvalue weighted by molar-refractivity contribution is 0.0947. The summed E-state index contributed by atoms with van der Waals surface area (Å²) in [6.07, 6.45) is 1.06. The molecule has 3 nitrogen and oxygen atoms in total. The van der Waals surface area contributed by atoms with Crippen LogP contribution in [0.3, 0.4) is 0 Å². The van der Waals surface area contributed by atoms with E-state index in [1.165, 1.54) is 0 Å². The summed E-state index contributed by atoms with van der Waals surface area (Å²) in [5.74, 6) is -1.15. The number of nitrogens with two attached hydrogens (primary N) is 1. The highest BCUT2D eigenvalue weighted by Gasteiger charge is 2.32. The number of hydrogen-bond acceptors (Lipinski definition) is 2. The Morgan fingerprint density at radius 2 is 2.18 bits per heavy atom. The first-order valence-corrected chi connectivity index (χ1v) is 5.51. The van der Waals surface area contributed by atoms with Gasteiger partial charge in [-0.25, -0.2) is 8.78 Å². The molecule has 0 bridgehead atoms. The van der Waals surface area contributed by atoms with Crippen molar-refractivity contribution in [1.82, 2.24) is 5.32 Å². The zero-order valence-electron chi connectivity index (χ0n) is 9.47. The number of nitrogen functional groups attached to an aromatic ring is 1. The fourth-order valence-corrected chi connectivity index (χ4v) is 1.78. The maximum Gasteiger partial charge on any atom is 0.254 e. The van der Waals surface area contributed by atoms with Gasteiger partial charge in [0.25, 0.3) is 5.91 Å². The average molecular weight is 240 g/mol. The van der Waals surface area contributed by atoms with Crippen LogP contribution in [0.2, 0.25) is 0 Å². The van der Waals surface area contributed by atoms with E-state index in [1.807, 2.05) is 0 Å². The van der Waals surface area contributed by atoms with Crippen LogP contribution in [0, 0.1) is 23.5 Å². The zero-order valence-corrected chi connectivity index (χ0v) is 9.47. The Bertz CT molecular complexity index is 462. The first kappa shape index (κ1) is 11.8. The monoisotopic (exact) mass is 240 g/mol. The third-order valence-electron chi connectivity index (χ3n) is 3.11. The zero-order chi connectivity index (χ0) is 12.6. The van der Waals surface area contributed by atoms with Crippen molar-refractivity contribution in [3.05, 3.63) is 29.3 Å². The minimum absolute atomic E-state index is 0.337. The molecule has 2 unspecified atom stereocenters. The predicted molar refractivity (Wildman–Crippen MR) is 60.4 cm³/mol. The van der Waals surface area contributed by atoms with Gasteiger partial charge in [0.2, 0.25) is 0 Å². The Morgan fingerprint density at radius 3 is 2.76 bits per heavy atom. The molecule has 1 aromatic carbocycles. The number of hydrogen-bond donors (Lipinski definition) is 2. The molecule has 1 saturated carbocycles. The second kappa shape index (κ2) is 4.31. The third-order valence-corrected chi connectivity index (χ3v) is 3.11. The van der Waals surface area contributed by atoms with E-state index >= 15 is 0 Å². The molecular weight excluding hydrogens is 226 g/mol. The Kier molecular flexibility index (Phi) is 3.00. The lowest BCUT2D eigenvalue weighted by Crippen LogP contribution is -2.27. The summed E-state index contributed by atoms with van der Waals surface area (Å²) in [4.78, 5) is 11.6. The molecule has 0 saturated heterocycles. The van der Waals surface area contributed by atoms with E-state index in [4.69, 9.17) is 5.73 Å². The van der Waals surface area contributed by atoms with Crippen molar-refractivity contribution in [2.24, 2.45) is 11.8 Å². The molecule has 3 N–H and O–H groups in total. The maximum atomic E-state index is 13.5. The van der Waals surface area contributed by atoms with Gasteiger partial charge in [-0.3, -0.25) is 4.79 Å². The van der Waals surface area contributed by atoms with E-state index in [0.717, 1.165) is 18.6 Å². The highest BCUT2D eigenvalue weighted by molar-refractivity contribution is 5.95. The van der Waals surface area contributed by atoms with E-state index < -0.39 is 17.5 Å². The maximum absolute atomic E-state index is 13.5. The van der Waals surface area contributed by atoms with Gasteiger partial charge in [0, 0.05) is 6.54 Å². The van der Waals surface area contributed by atoms with E-state index in [-0.39, 0.29) is 11.3 Å². The van der Waals surface area contributed by atoms with Crippen molar-refractivity contribution < 1.29 is 13.6 Å². The third kappa shape index (κ3) is 2.54. The molecule has 2 atom stereocenters. The lowest BCUT2D eigenvalue weighted by atomic mass is 10.1. The molecule has 0 aromatic heterocycles. The van der Waals surface area contributed by atoms with E-state index in [1.54, 1.807) is 0 Å². The van der Waals surface area contributed by atoms with E-state index in [0.29, 0.717) is 18.4 Å². The first-order valence-electron chi connectivity index (χ1n) is 5.51. The van der Waals surface area contributed by atoms with Crippen molar-refractivity contribution in [2.45, 2.75) is 13.3 Å². The Hall–Kier alpha value is -1.65. The van der Waals surface area contributed by atoms with Crippen LogP contribution >= 0.6 is 0 Å². The van der Waals surface area contributed by atoms with E-state index in [2.05, 4.69) is 12.2 Å². The van der Waals surface area contributed by atoms with Crippen LogP contribution in [-0.2, 0) is 0 Å². The van der Waals surface area contributed by atoms with Gasteiger partial charge in [-0.05, 0) is 30.4 Å². The highest BCUT2D eigenvalue weighted by atomic mass is 19.1. The summed E-state index contributed by atoms with van der Waals surface area (Å²) in [6, 6.07) is 1.71. The van der Waals surface area contributed by atoms with Crippen molar-refractivity contribution >= 4 is 11.6 Å². The van der Waals surface area contributed by atoms with Crippen LogP contribution in [0.25, 0.3) is 0 Å². The van der Waals surface area contributed by atoms with Crippen LogP contribution in [0.1, 0.15) is 23.7 Å². The number of amides is 1. The molecule has 0 aliphatic heterocycles. The summed E-state index contributed by atoms with van der Waals surface area (Å²) in [5.41, 5.74) is 4.57. The molecule has 5 heteroatoms. The molecule has 92 valence electrons. The number of nitrogens with one attached hydrogen (secondary N) is 1. The molecule has 1 fully saturated rings. The van der Waals surface area contributed by atoms with Crippen LogP contribution in [0.5, 0.6) is 0 Å². The quantitative estimate of drug-likeness (QED) is 0.793. The molecule has 0 heterocycles. The normalized spacial score (nSPS) is 22.3. The molecule has 1 amide bonds. The number of halogens is 2. The largest absolute Gasteiger partial charge is 0.396 e. The predicted octanol–water partition coefficient (Wildman–Crippen LogP) is 1.93. The van der Waals surface area contributed by atoms with Crippen LogP contribution in [0.15, 0.2) is 12.1 Å².